The van der Waals surface area contributed by atoms with Gasteiger partial charge in [0.2, 0.25) is 0 Å². The molecule has 0 aliphatic carbocycles. The summed E-state index contributed by atoms with van der Waals surface area (Å²) < 4.78 is 12.7. The zero-order valence-corrected chi connectivity index (χ0v) is 8.35. The number of aliphatic hydroxyl groups is 1. The molecule has 0 saturated heterocycles. The van der Waals surface area contributed by atoms with Crippen LogP contribution in [0.25, 0.3) is 0 Å². The standard InChI is InChI=1S/C10H13FOS/c1-8(6-12)7-13-10-4-2-3-9(11)5-10/h2-5,8,12H,6-7H2,1H3. The Morgan fingerprint density at radius 2 is 2.31 bits per heavy atom. The van der Waals surface area contributed by atoms with E-state index >= 15 is 0 Å². The quantitative estimate of drug-likeness (QED) is 0.754. The molecule has 72 valence electrons. The van der Waals surface area contributed by atoms with E-state index in [-0.39, 0.29) is 18.3 Å². The first-order valence-electron chi connectivity index (χ1n) is 4.21. The largest absolute Gasteiger partial charge is 0.396 e. The van der Waals surface area contributed by atoms with Gasteiger partial charge in [-0.3, -0.25) is 0 Å². The molecule has 0 amide bonds. The fourth-order valence-corrected chi connectivity index (χ4v) is 1.80. The summed E-state index contributed by atoms with van der Waals surface area (Å²) in [4.78, 5) is 0.917. The van der Waals surface area contributed by atoms with Crippen LogP contribution in [0.4, 0.5) is 4.39 Å². The fourth-order valence-electron chi connectivity index (χ4n) is 0.848. The van der Waals surface area contributed by atoms with Crippen molar-refractivity contribution < 1.29 is 9.50 Å². The van der Waals surface area contributed by atoms with E-state index in [1.807, 2.05) is 13.0 Å². The van der Waals surface area contributed by atoms with Crippen LogP contribution in [0, 0.1) is 11.7 Å². The molecule has 1 atom stereocenters. The summed E-state index contributed by atoms with van der Waals surface area (Å²) >= 11 is 1.57. The van der Waals surface area contributed by atoms with Crippen molar-refractivity contribution in [1.29, 1.82) is 0 Å². The average Bonchev–Trinajstić information content (AvgIpc) is 2.14. The SMILES string of the molecule is CC(CO)CSc1cccc(F)c1. The number of thioether (sulfide) groups is 1. The molecule has 0 fully saturated rings. The number of rotatable bonds is 4. The summed E-state index contributed by atoms with van der Waals surface area (Å²) in [5.74, 6) is 0.870. The van der Waals surface area contributed by atoms with Crippen LogP contribution in [0.5, 0.6) is 0 Å². The minimum Gasteiger partial charge on any atom is -0.396 e. The molecule has 1 nitrogen and oxygen atoms in total. The molecule has 0 heterocycles. The third-order valence-corrected chi connectivity index (χ3v) is 2.97. The normalized spacial score (nSPS) is 12.8. The monoisotopic (exact) mass is 200 g/mol. The molecule has 3 heteroatoms. The Balaban J connectivity index is 2.45. The first-order valence-corrected chi connectivity index (χ1v) is 5.20. The second-order valence-corrected chi connectivity index (χ2v) is 4.15. The Kier molecular flexibility index (Phi) is 4.25. The molecule has 0 saturated carbocycles. The maximum atomic E-state index is 12.7. The second kappa shape index (κ2) is 5.25. The van der Waals surface area contributed by atoms with Crippen LogP contribution in [-0.4, -0.2) is 17.5 Å². The molecule has 1 aromatic carbocycles. The van der Waals surface area contributed by atoms with Gasteiger partial charge in [-0.2, -0.15) is 0 Å². The predicted octanol–water partition coefficient (Wildman–Crippen LogP) is 2.55. The fraction of sp³-hybridized carbons (Fsp3) is 0.400. The van der Waals surface area contributed by atoms with Gasteiger partial charge < -0.3 is 5.11 Å². The summed E-state index contributed by atoms with van der Waals surface area (Å²) in [5.41, 5.74) is 0. The maximum absolute atomic E-state index is 12.7. The molecule has 1 aromatic rings. The Labute approximate surface area is 82.0 Å². The average molecular weight is 200 g/mol. The summed E-state index contributed by atoms with van der Waals surface area (Å²) in [6.07, 6.45) is 0. The van der Waals surface area contributed by atoms with Gasteiger partial charge in [0.25, 0.3) is 0 Å². The molecule has 0 aliphatic heterocycles. The van der Waals surface area contributed by atoms with E-state index in [0.29, 0.717) is 0 Å². The van der Waals surface area contributed by atoms with Crippen molar-refractivity contribution in [2.75, 3.05) is 12.4 Å². The van der Waals surface area contributed by atoms with Crippen molar-refractivity contribution >= 4 is 11.8 Å². The first-order chi connectivity index (χ1) is 6.22. The van der Waals surface area contributed by atoms with E-state index in [1.165, 1.54) is 12.1 Å². The van der Waals surface area contributed by atoms with E-state index in [0.717, 1.165) is 10.6 Å². The van der Waals surface area contributed by atoms with E-state index in [9.17, 15) is 4.39 Å². The highest BCUT2D eigenvalue weighted by atomic mass is 32.2. The molecule has 0 bridgehead atoms. The molecule has 1 N–H and O–H groups in total. The minimum absolute atomic E-state index is 0.183. The Morgan fingerprint density at radius 3 is 2.92 bits per heavy atom. The zero-order valence-electron chi connectivity index (χ0n) is 7.53. The molecule has 13 heavy (non-hydrogen) atoms. The maximum Gasteiger partial charge on any atom is 0.124 e. The first kappa shape index (κ1) is 10.5. The lowest BCUT2D eigenvalue weighted by atomic mass is 10.2. The molecular formula is C10H13FOS. The number of hydrogen-bond acceptors (Lipinski definition) is 2. The molecule has 0 aliphatic rings. The third-order valence-electron chi connectivity index (χ3n) is 1.64. The van der Waals surface area contributed by atoms with Crippen molar-refractivity contribution in [2.45, 2.75) is 11.8 Å². The van der Waals surface area contributed by atoms with Gasteiger partial charge in [-0.1, -0.05) is 13.0 Å². The molecule has 0 radical (unpaired) electrons. The van der Waals surface area contributed by atoms with Crippen molar-refractivity contribution in [1.82, 2.24) is 0 Å². The van der Waals surface area contributed by atoms with Gasteiger partial charge in [0.1, 0.15) is 5.82 Å². The van der Waals surface area contributed by atoms with Gasteiger partial charge in [0, 0.05) is 17.3 Å². The number of halogens is 1. The van der Waals surface area contributed by atoms with E-state index in [1.54, 1.807) is 17.8 Å². The van der Waals surface area contributed by atoms with Crippen molar-refractivity contribution in [3.8, 4) is 0 Å². The highest BCUT2D eigenvalue weighted by Crippen LogP contribution is 2.20. The van der Waals surface area contributed by atoms with Gasteiger partial charge in [0.05, 0.1) is 0 Å². The molecule has 1 rings (SSSR count). The Hall–Kier alpha value is -0.540. The summed E-state index contributed by atoms with van der Waals surface area (Å²) in [6.45, 7) is 2.15. The third kappa shape index (κ3) is 3.79. The molecule has 0 aromatic heterocycles. The van der Waals surface area contributed by atoms with Crippen LogP contribution in [0.2, 0.25) is 0 Å². The highest BCUT2D eigenvalue weighted by molar-refractivity contribution is 7.99. The smallest absolute Gasteiger partial charge is 0.124 e. The van der Waals surface area contributed by atoms with E-state index in [2.05, 4.69) is 0 Å². The predicted molar refractivity (Wildman–Crippen MR) is 53.4 cm³/mol. The van der Waals surface area contributed by atoms with Crippen molar-refractivity contribution in [3.05, 3.63) is 30.1 Å². The molecular weight excluding hydrogens is 187 g/mol. The summed E-state index contributed by atoms with van der Waals surface area (Å²) in [5, 5.41) is 8.78. The number of aliphatic hydroxyl groups excluding tert-OH is 1. The lowest BCUT2D eigenvalue weighted by molar-refractivity contribution is 0.250. The van der Waals surface area contributed by atoms with Crippen LogP contribution in [-0.2, 0) is 0 Å². The number of hydrogen-bond donors (Lipinski definition) is 1. The zero-order chi connectivity index (χ0) is 9.68. The lowest BCUT2D eigenvalue weighted by Gasteiger charge is -2.06. The second-order valence-electron chi connectivity index (χ2n) is 3.06. The number of benzene rings is 1. The van der Waals surface area contributed by atoms with E-state index in [4.69, 9.17) is 5.11 Å². The Bertz CT molecular complexity index is 265. The highest BCUT2D eigenvalue weighted by Gasteiger charge is 2.01. The van der Waals surface area contributed by atoms with Gasteiger partial charge in [-0.25, -0.2) is 4.39 Å². The van der Waals surface area contributed by atoms with Gasteiger partial charge in [-0.15, -0.1) is 11.8 Å². The summed E-state index contributed by atoms with van der Waals surface area (Å²) in [7, 11) is 0. The van der Waals surface area contributed by atoms with Crippen molar-refractivity contribution in [3.63, 3.8) is 0 Å². The van der Waals surface area contributed by atoms with Crippen molar-refractivity contribution in [2.24, 2.45) is 5.92 Å². The van der Waals surface area contributed by atoms with Crippen LogP contribution >= 0.6 is 11.8 Å². The van der Waals surface area contributed by atoms with Crippen LogP contribution in [0.15, 0.2) is 29.2 Å². The van der Waals surface area contributed by atoms with Crippen LogP contribution in [0.3, 0.4) is 0 Å². The van der Waals surface area contributed by atoms with Gasteiger partial charge >= 0.3 is 0 Å². The van der Waals surface area contributed by atoms with Gasteiger partial charge in [-0.05, 0) is 24.1 Å². The lowest BCUT2D eigenvalue weighted by Crippen LogP contribution is -2.02. The van der Waals surface area contributed by atoms with Crippen LogP contribution in [0.1, 0.15) is 6.92 Å². The van der Waals surface area contributed by atoms with Gasteiger partial charge in [0.15, 0.2) is 0 Å². The molecule has 1 unspecified atom stereocenters. The van der Waals surface area contributed by atoms with E-state index < -0.39 is 0 Å². The minimum atomic E-state index is -0.207. The Morgan fingerprint density at radius 1 is 1.54 bits per heavy atom. The summed E-state index contributed by atoms with van der Waals surface area (Å²) in [6, 6.07) is 6.51. The van der Waals surface area contributed by atoms with Crippen LogP contribution < -0.4 is 0 Å². The molecule has 0 spiro atoms. The topological polar surface area (TPSA) is 20.2 Å².